The summed E-state index contributed by atoms with van der Waals surface area (Å²) in [7, 11) is 0. The average molecular weight is 440 g/mol. The number of carbonyl (C=O) groups excluding carboxylic acids is 2. The van der Waals surface area contributed by atoms with E-state index in [0.29, 0.717) is 28.9 Å². The number of hydrogen-bond donors (Lipinski definition) is 1. The summed E-state index contributed by atoms with van der Waals surface area (Å²) in [5.41, 5.74) is 4.78. The minimum Gasteiger partial charge on any atom is -0.452 e. The number of carbonyl (C=O) groups is 2. The number of nitrogens with one attached hydrogen (secondary N) is 1. The lowest BCUT2D eigenvalue weighted by molar-refractivity contribution is -0.119. The largest absolute Gasteiger partial charge is 0.452 e. The summed E-state index contributed by atoms with van der Waals surface area (Å²) >= 11 is 0. The van der Waals surface area contributed by atoms with E-state index in [-0.39, 0.29) is 11.3 Å². The van der Waals surface area contributed by atoms with Crippen molar-refractivity contribution in [2.45, 2.75) is 20.3 Å². The summed E-state index contributed by atoms with van der Waals surface area (Å²) < 4.78 is 10.6. The molecule has 4 aromatic rings. The molecule has 33 heavy (non-hydrogen) atoms. The second kappa shape index (κ2) is 9.32. The molecule has 0 bridgehead atoms. The second-order valence-corrected chi connectivity index (χ2v) is 7.53. The van der Waals surface area contributed by atoms with Crippen LogP contribution in [0.1, 0.15) is 27.2 Å². The van der Waals surface area contributed by atoms with Gasteiger partial charge < -0.3 is 14.6 Å². The fourth-order valence-corrected chi connectivity index (χ4v) is 3.33. The molecule has 2 aromatic carbocycles. The van der Waals surface area contributed by atoms with Crippen LogP contribution in [-0.2, 0) is 16.0 Å². The fourth-order valence-electron chi connectivity index (χ4n) is 3.33. The number of aryl methyl sites for hydroxylation is 2. The van der Waals surface area contributed by atoms with Gasteiger partial charge in [-0.15, -0.1) is 0 Å². The zero-order valence-corrected chi connectivity index (χ0v) is 18.1. The number of hydrogen-bond acceptors (Lipinski definition) is 7. The number of benzene rings is 2. The number of nitriles is 1. The van der Waals surface area contributed by atoms with Gasteiger partial charge in [0.25, 0.3) is 11.6 Å². The maximum absolute atomic E-state index is 12.9. The summed E-state index contributed by atoms with van der Waals surface area (Å²) in [6.07, 6.45) is 0.291. The highest BCUT2D eigenvalue weighted by atomic mass is 16.5. The first-order valence-electron chi connectivity index (χ1n) is 10.2. The molecule has 0 atom stereocenters. The van der Waals surface area contributed by atoms with Crippen LogP contribution in [0, 0.1) is 25.2 Å². The highest BCUT2D eigenvalue weighted by Gasteiger charge is 2.21. The molecule has 0 unspecified atom stereocenters. The lowest BCUT2D eigenvalue weighted by Gasteiger charge is -2.09. The normalized spacial score (nSPS) is 10.6. The third-order valence-corrected chi connectivity index (χ3v) is 5.04. The van der Waals surface area contributed by atoms with Gasteiger partial charge in [-0.25, -0.2) is 9.78 Å². The molecule has 8 heteroatoms. The summed E-state index contributed by atoms with van der Waals surface area (Å²) in [6, 6.07) is 18.2. The zero-order valence-electron chi connectivity index (χ0n) is 18.1. The average Bonchev–Trinajstić information content (AvgIpc) is 3.19. The Morgan fingerprint density at radius 1 is 1.09 bits per heavy atom. The molecule has 2 heterocycles. The highest BCUT2D eigenvalue weighted by molar-refractivity contribution is 6.05. The van der Waals surface area contributed by atoms with E-state index >= 15 is 0 Å². The molecule has 0 fully saturated rings. The van der Waals surface area contributed by atoms with E-state index in [1.54, 1.807) is 37.3 Å². The van der Waals surface area contributed by atoms with Crippen LogP contribution in [0.15, 0.2) is 59.1 Å². The van der Waals surface area contributed by atoms with Crippen molar-refractivity contribution >= 4 is 28.7 Å². The van der Waals surface area contributed by atoms with Gasteiger partial charge >= 0.3 is 5.97 Å². The van der Waals surface area contributed by atoms with Crippen molar-refractivity contribution in [3.63, 3.8) is 0 Å². The van der Waals surface area contributed by atoms with E-state index in [0.717, 1.165) is 16.7 Å². The Morgan fingerprint density at radius 3 is 2.52 bits per heavy atom. The summed E-state index contributed by atoms with van der Waals surface area (Å²) in [6.45, 7) is 3.22. The molecule has 0 saturated heterocycles. The van der Waals surface area contributed by atoms with Gasteiger partial charge in [-0.1, -0.05) is 47.1 Å². The van der Waals surface area contributed by atoms with E-state index in [1.165, 1.54) is 0 Å². The Bertz CT molecular complexity index is 1370. The number of anilines is 1. The number of aromatic nitrogens is 2. The number of ether oxygens (including phenoxy) is 1. The van der Waals surface area contributed by atoms with E-state index in [2.05, 4.69) is 21.5 Å². The number of pyridine rings is 1. The zero-order chi connectivity index (χ0) is 23.4. The first-order chi connectivity index (χ1) is 15.9. The number of nitrogens with zero attached hydrogens (tertiary/aromatic N) is 3. The fraction of sp³-hybridized carbons (Fsp3) is 0.160. The molecule has 4 rings (SSSR count). The molecule has 0 aliphatic carbocycles. The predicted molar refractivity (Wildman–Crippen MR) is 121 cm³/mol. The van der Waals surface area contributed by atoms with Crippen molar-refractivity contribution in [2.75, 3.05) is 11.9 Å². The van der Waals surface area contributed by atoms with E-state index < -0.39 is 18.5 Å². The number of esters is 1. The van der Waals surface area contributed by atoms with Gasteiger partial charge in [0, 0.05) is 11.3 Å². The second-order valence-electron chi connectivity index (χ2n) is 7.53. The molecule has 0 spiro atoms. The molecular formula is C25H20N4O4. The van der Waals surface area contributed by atoms with Gasteiger partial charge in [0.2, 0.25) is 0 Å². The molecule has 1 N–H and O–H groups in total. The Kier molecular flexibility index (Phi) is 6.13. The maximum Gasteiger partial charge on any atom is 0.339 e. The molecule has 1 amide bonds. The van der Waals surface area contributed by atoms with Crippen LogP contribution in [0.25, 0.3) is 22.4 Å². The SMILES string of the molecule is Cc1ccc(-c2cc(C(=O)OCC(=O)Nc3ccc(CC#N)cc3)c3c(C)noc3n2)cc1. The van der Waals surface area contributed by atoms with Gasteiger partial charge in [0.15, 0.2) is 6.61 Å². The van der Waals surface area contributed by atoms with Crippen LogP contribution in [0.4, 0.5) is 5.69 Å². The topological polar surface area (TPSA) is 118 Å². The summed E-state index contributed by atoms with van der Waals surface area (Å²) in [5.74, 6) is -1.16. The van der Waals surface area contributed by atoms with Gasteiger partial charge in [-0.05, 0) is 37.6 Å². The Labute approximate surface area is 189 Å². The third-order valence-electron chi connectivity index (χ3n) is 5.04. The first-order valence-corrected chi connectivity index (χ1v) is 10.2. The smallest absolute Gasteiger partial charge is 0.339 e. The van der Waals surface area contributed by atoms with E-state index in [9.17, 15) is 9.59 Å². The Morgan fingerprint density at radius 2 is 1.82 bits per heavy atom. The van der Waals surface area contributed by atoms with Crippen molar-refractivity contribution < 1.29 is 18.8 Å². The van der Waals surface area contributed by atoms with E-state index in [1.807, 2.05) is 31.2 Å². The standard InChI is InChI=1S/C25H20N4O4/c1-15-3-7-18(8-4-15)21-13-20(23-16(2)29-33-24(23)28-21)25(31)32-14-22(30)27-19-9-5-17(6-10-19)11-12-26/h3-10,13H,11,14H2,1-2H3,(H,27,30). The first kappa shape index (κ1) is 21.7. The summed E-state index contributed by atoms with van der Waals surface area (Å²) in [4.78, 5) is 29.6. The van der Waals surface area contributed by atoms with Crippen molar-refractivity contribution in [2.24, 2.45) is 0 Å². The molecule has 164 valence electrons. The third kappa shape index (κ3) is 4.88. The minimum atomic E-state index is -0.679. The monoisotopic (exact) mass is 440 g/mol. The molecular weight excluding hydrogens is 420 g/mol. The molecule has 8 nitrogen and oxygen atoms in total. The molecule has 2 aromatic heterocycles. The Balaban J connectivity index is 1.51. The van der Waals surface area contributed by atoms with E-state index in [4.69, 9.17) is 14.5 Å². The van der Waals surface area contributed by atoms with Crippen LogP contribution in [0.3, 0.4) is 0 Å². The van der Waals surface area contributed by atoms with Gasteiger partial charge in [0.05, 0.1) is 34.8 Å². The quantitative estimate of drug-likeness (QED) is 0.442. The molecule has 0 aliphatic rings. The van der Waals surface area contributed by atoms with Gasteiger partial charge in [-0.3, -0.25) is 4.79 Å². The van der Waals surface area contributed by atoms with Gasteiger partial charge in [-0.2, -0.15) is 5.26 Å². The number of amides is 1. The Hall–Kier alpha value is -4.51. The van der Waals surface area contributed by atoms with Gasteiger partial charge in [0.1, 0.15) is 0 Å². The van der Waals surface area contributed by atoms with Crippen LogP contribution < -0.4 is 5.32 Å². The maximum atomic E-state index is 12.9. The minimum absolute atomic E-state index is 0.222. The molecule has 0 aliphatic heterocycles. The summed E-state index contributed by atoms with van der Waals surface area (Å²) in [5, 5.41) is 15.8. The van der Waals surface area contributed by atoms with Crippen LogP contribution in [0.2, 0.25) is 0 Å². The lowest BCUT2D eigenvalue weighted by atomic mass is 10.0. The van der Waals surface area contributed by atoms with Crippen molar-refractivity contribution in [1.82, 2.24) is 10.1 Å². The van der Waals surface area contributed by atoms with Crippen LogP contribution >= 0.6 is 0 Å². The molecule has 0 saturated carbocycles. The predicted octanol–water partition coefficient (Wildman–Crippen LogP) is 4.37. The van der Waals surface area contributed by atoms with Crippen molar-refractivity contribution in [1.29, 1.82) is 5.26 Å². The molecule has 0 radical (unpaired) electrons. The van der Waals surface area contributed by atoms with Crippen molar-refractivity contribution in [3.8, 4) is 17.3 Å². The van der Waals surface area contributed by atoms with Crippen LogP contribution in [-0.4, -0.2) is 28.6 Å². The van der Waals surface area contributed by atoms with Crippen LogP contribution in [0.5, 0.6) is 0 Å². The lowest BCUT2D eigenvalue weighted by Crippen LogP contribution is -2.21. The highest BCUT2D eigenvalue weighted by Crippen LogP contribution is 2.27. The number of rotatable bonds is 6. The van der Waals surface area contributed by atoms with Crippen molar-refractivity contribution in [3.05, 3.63) is 77.0 Å². The number of fused-ring (bicyclic) bond motifs is 1.